The number of carbonyl (C=O) groups excluding carboxylic acids is 1. The van der Waals surface area contributed by atoms with Gasteiger partial charge in [-0.2, -0.15) is 0 Å². The van der Waals surface area contributed by atoms with E-state index in [0.29, 0.717) is 18.4 Å². The highest BCUT2D eigenvalue weighted by atomic mass is 16.4. The molecule has 1 heterocycles. The van der Waals surface area contributed by atoms with Gasteiger partial charge in [0.2, 0.25) is 0 Å². The van der Waals surface area contributed by atoms with Gasteiger partial charge in [-0.3, -0.25) is 4.79 Å². The van der Waals surface area contributed by atoms with Crippen molar-refractivity contribution in [3.8, 4) is 0 Å². The molecule has 5 nitrogen and oxygen atoms in total. The molecule has 24 heavy (non-hydrogen) atoms. The Kier molecular flexibility index (Phi) is 4.62. The van der Waals surface area contributed by atoms with Crippen molar-refractivity contribution in [2.24, 2.45) is 0 Å². The number of hydrogen-bond donors (Lipinski definition) is 3. The average molecular weight is 325 g/mol. The summed E-state index contributed by atoms with van der Waals surface area (Å²) in [6.07, 6.45) is 0.673. The molecule has 2 aromatic rings. The van der Waals surface area contributed by atoms with E-state index in [1.807, 2.05) is 24.3 Å². The number of para-hydroxylation sites is 1. The van der Waals surface area contributed by atoms with Crippen molar-refractivity contribution in [1.82, 2.24) is 0 Å². The zero-order valence-electron chi connectivity index (χ0n) is 13.1. The minimum Gasteiger partial charge on any atom is -0.478 e. The van der Waals surface area contributed by atoms with Crippen LogP contribution in [0.2, 0.25) is 0 Å². The molecular weight excluding hydrogens is 306 g/mol. The quantitative estimate of drug-likeness (QED) is 0.786. The van der Waals surface area contributed by atoms with E-state index in [1.54, 1.807) is 24.3 Å². The third-order valence-corrected chi connectivity index (χ3v) is 4.44. The first kappa shape index (κ1) is 16.2. The first-order valence-corrected chi connectivity index (χ1v) is 7.93. The normalized spacial score (nSPS) is 19.5. The maximum atomic E-state index is 12.8. The Balaban J connectivity index is 1.99. The number of anilines is 1. The lowest BCUT2D eigenvalue weighted by molar-refractivity contribution is -0.121. The number of aliphatic hydroxyl groups excluding tert-OH is 1. The fraction of sp³-hybridized carbons (Fsp3) is 0.263. The van der Waals surface area contributed by atoms with Crippen molar-refractivity contribution in [3.63, 3.8) is 0 Å². The van der Waals surface area contributed by atoms with Gasteiger partial charge < -0.3 is 15.5 Å². The van der Waals surface area contributed by atoms with Gasteiger partial charge in [0.05, 0.1) is 17.5 Å². The van der Waals surface area contributed by atoms with Crippen molar-refractivity contribution in [2.75, 3.05) is 11.9 Å². The van der Waals surface area contributed by atoms with E-state index in [0.717, 1.165) is 11.3 Å². The third-order valence-electron chi connectivity index (χ3n) is 4.44. The van der Waals surface area contributed by atoms with Crippen molar-refractivity contribution in [1.29, 1.82) is 0 Å². The van der Waals surface area contributed by atoms with Crippen LogP contribution in [0.25, 0.3) is 0 Å². The molecule has 3 N–H and O–H groups in total. The predicted molar refractivity (Wildman–Crippen MR) is 90.4 cm³/mol. The van der Waals surface area contributed by atoms with E-state index in [9.17, 15) is 19.8 Å². The molecule has 0 aliphatic carbocycles. The van der Waals surface area contributed by atoms with E-state index in [1.165, 1.54) is 0 Å². The summed E-state index contributed by atoms with van der Waals surface area (Å²) in [6, 6.07) is 13.9. The number of fused-ring (bicyclic) bond motifs is 1. The Morgan fingerprint density at radius 1 is 1.08 bits per heavy atom. The highest BCUT2D eigenvalue weighted by Gasteiger charge is 2.34. The molecule has 0 saturated carbocycles. The van der Waals surface area contributed by atoms with Gasteiger partial charge in [-0.05, 0) is 36.1 Å². The molecule has 2 atom stereocenters. The zero-order chi connectivity index (χ0) is 17.1. The minimum atomic E-state index is -0.993. The van der Waals surface area contributed by atoms with Gasteiger partial charge in [-0.15, -0.1) is 0 Å². The number of aromatic carboxylic acids is 1. The number of benzene rings is 2. The number of carboxylic acid groups (broad SMARTS) is 1. The molecule has 1 aliphatic heterocycles. The zero-order valence-corrected chi connectivity index (χ0v) is 13.1. The number of Topliss-reactive ketones (excluding diaryl/α,β-unsaturated/α-hetero) is 1. The number of hydrogen-bond acceptors (Lipinski definition) is 4. The van der Waals surface area contributed by atoms with Crippen LogP contribution >= 0.6 is 0 Å². The van der Waals surface area contributed by atoms with Crippen LogP contribution in [0, 0.1) is 0 Å². The molecule has 2 aromatic carbocycles. The Labute approximate surface area is 139 Å². The first-order chi connectivity index (χ1) is 11.6. The van der Waals surface area contributed by atoms with Crippen molar-refractivity contribution in [2.45, 2.75) is 24.8 Å². The summed E-state index contributed by atoms with van der Waals surface area (Å²) in [5.74, 6) is -1.42. The van der Waals surface area contributed by atoms with Gasteiger partial charge in [0.25, 0.3) is 0 Å². The van der Waals surface area contributed by atoms with Gasteiger partial charge in [0, 0.05) is 12.3 Å². The molecule has 0 aromatic heterocycles. The van der Waals surface area contributed by atoms with Gasteiger partial charge in [-0.25, -0.2) is 4.79 Å². The SMILES string of the molecule is O=C(O)c1ccccc1CC1C(=O)C(CCO)Nc2ccccc21. The number of ketones is 1. The Morgan fingerprint density at radius 2 is 1.79 bits per heavy atom. The summed E-state index contributed by atoms with van der Waals surface area (Å²) in [5.41, 5.74) is 2.60. The van der Waals surface area contributed by atoms with Gasteiger partial charge in [-0.1, -0.05) is 36.4 Å². The fourth-order valence-corrected chi connectivity index (χ4v) is 3.27. The predicted octanol–water partition coefficient (Wildman–Crippen LogP) is 2.46. The van der Waals surface area contributed by atoms with Crippen LogP contribution in [-0.4, -0.2) is 34.6 Å². The number of nitrogens with one attached hydrogen (secondary N) is 1. The van der Waals surface area contributed by atoms with Crippen molar-refractivity contribution in [3.05, 3.63) is 65.2 Å². The third kappa shape index (κ3) is 3.03. The molecule has 2 unspecified atom stereocenters. The Bertz CT molecular complexity index is 771. The van der Waals surface area contributed by atoms with E-state index in [-0.39, 0.29) is 18.0 Å². The van der Waals surface area contributed by atoms with E-state index in [2.05, 4.69) is 5.32 Å². The first-order valence-electron chi connectivity index (χ1n) is 7.93. The maximum Gasteiger partial charge on any atom is 0.335 e. The lowest BCUT2D eigenvalue weighted by atomic mass is 9.80. The molecule has 124 valence electrons. The monoisotopic (exact) mass is 325 g/mol. The van der Waals surface area contributed by atoms with Gasteiger partial charge >= 0.3 is 5.97 Å². The molecule has 0 spiro atoms. The lowest BCUT2D eigenvalue weighted by Crippen LogP contribution is -2.40. The number of rotatable bonds is 5. The summed E-state index contributed by atoms with van der Waals surface area (Å²) in [7, 11) is 0. The van der Waals surface area contributed by atoms with Crippen LogP contribution in [-0.2, 0) is 11.2 Å². The average Bonchev–Trinajstić information content (AvgIpc) is 2.59. The highest BCUT2D eigenvalue weighted by molar-refractivity contribution is 5.97. The number of carboxylic acids is 1. The molecule has 0 radical (unpaired) electrons. The van der Waals surface area contributed by atoms with E-state index < -0.39 is 17.9 Å². The molecule has 0 saturated heterocycles. The molecule has 1 aliphatic rings. The number of carbonyl (C=O) groups is 2. The Morgan fingerprint density at radius 3 is 2.54 bits per heavy atom. The standard InChI is InChI=1S/C19H19NO4/c21-10-9-17-18(22)15(14-7-3-4-8-16(14)20-17)11-12-5-1-2-6-13(12)19(23)24/h1-8,15,17,20-21H,9-11H2,(H,23,24). The molecule has 0 fully saturated rings. The largest absolute Gasteiger partial charge is 0.478 e. The van der Waals surface area contributed by atoms with Gasteiger partial charge in [0.1, 0.15) is 0 Å². The summed E-state index contributed by atoms with van der Waals surface area (Å²) >= 11 is 0. The van der Waals surface area contributed by atoms with Gasteiger partial charge in [0.15, 0.2) is 5.78 Å². The lowest BCUT2D eigenvalue weighted by Gasteiger charge is -2.32. The van der Waals surface area contributed by atoms with Crippen LogP contribution in [0.4, 0.5) is 5.69 Å². The van der Waals surface area contributed by atoms with Crippen LogP contribution in [0.3, 0.4) is 0 Å². The molecule has 3 rings (SSSR count). The van der Waals surface area contributed by atoms with E-state index >= 15 is 0 Å². The van der Waals surface area contributed by atoms with Crippen molar-refractivity contribution < 1.29 is 19.8 Å². The summed E-state index contributed by atoms with van der Waals surface area (Å²) in [5, 5.41) is 21.7. The fourth-order valence-electron chi connectivity index (χ4n) is 3.27. The topological polar surface area (TPSA) is 86.6 Å². The minimum absolute atomic E-state index is 0.0112. The highest BCUT2D eigenvalue weighted by Crippen LogP contribution is 2.35. The summed E-state index contributed by atoms with van der Waals surface area (Å²) in [4.78, 5) is 24.3. The molecular formula is C19H19NO4. The number of aliphatic hydroxyl groups is 1. The molecule has 0 amide bonds. The second-order valence-electron chi connectivity index (χ2n) is 5.92. The van der Waals surface area contributed by atoms with Crippen LogP contribution in [0.15, 0.2) is 48.5 Å². The Hall–Kier alpha value is -2.66. The molecule has 5 heteroatoms. The smallest absolute Gasteiger partial charge is 0.335 e. The second-order valence-corrected chi connectivity index (χ2v) is 5.92. The maximum absolute atomic E-state index is 12.8. The van der Waals surface area contributed by atoms with Crippen molar-refractivity contribution >= 4 is 17.4 Å². The van der Waals surface area contributed by atoms with Crippen LogP contribution in [0.5, 0.6) is 0 Å². The van der Waals surface area contributed by atoms with E-state index in [4.69, 9.17) is 0 Å². The van der Waals surface area contributed by atoms with Crippen LogP contribution in [0.1, 0.15) is 33.8 Å². The second kappa shape index (κ2) is 6.84. The van der Waals surface area contributed by atoms with Crippen LogP contribution < -0.4 is 5.32 Å². The summed E-state index contributed by atoms with van der Waals surface area (Å²) in [6.45, 7) is -0.0794. The summed E-state index contributed by atoms with van der Waals surface area (Å²) < 4.78 is 0. The molecule has 0 bridgehead atoms.